The highest BCUT2D eigenvalue weighted by Crippen LogP contribution is 2.15. The van der Waals surface area contributed by atoms with Crippen LogP contribution in [0.2, 0.25) is 0 Å². The predicted octanol–water partition coefficient (Wildman–Crippen LogP) is 1.22. The first-order valence-electron chi connectivity index (χ1n) is 4.80. The summed E-state index contributed by atoms with van der Waals surface area (Å²) < 4.78 is 23.6. The second-order valence-corrected chi connectivity index (χ2v) is 4.29. The zero-order chi connectivity index (χ0) is 10.6. The molecule has 1 aliphatic heterocycles. The van der Waals surface area contributed by atoms with E-state index in [0.717, 1.165) is 13.1 Å². The first kappa shape index (κ1) is 11.2. The van der Waals surface area contributed by atoms with E-state index >= 15 is 0 Å². The fraction of sp³-hybridized carbons (Fsp3) is 0.889. The van der Waals surface area contributed by atoms with Gasteiger partial charge in [0.1, 0.15) is 0 Å². The van der Waals surface area contributed by atoms with Gasteiger partial charge in [0.15, 0.2) is 5.96 Å². The Labute approximate surface area is 83.0 Å². The number of hydrogen-bond acceptors (Lipinski definition) is 3. The topological polar surface area (TPSA) is 36.4 Å². The van der Waals surface area contributed by atoms with Crippen molar-refractivity contribution in [2.24, 2.45) is 10.4 Å². The van der Waals surface area contributed by atoms with Gasteiger partial charge < -0.3 is 10.6 Å². The fourth-order valence-electron chi connectivity index (χ4n) is 1.15. The zero-order valence-electron chi connectivity index (χ0n) is 8.61. The lowest BCUT2D eigenvalue weighted by Crippen LogP contribution is -2.47. The molecule has 3 nitrogen and oxygen atoms in total. The van der Waals surface area contributed by atoms with Crippen molar-refractivity contribution in [1.82, 2.24) is 10.6 Å². The number of alkyl halides is 2. The van der Waals surface area contributed by atoms with Gasteiger partial charge in [0.25, 0.3) is 0 Å². The summed E-state index contributed by atoms with van der Waals surface area (Å²) >= 11 is 0. The minimum atomic E-state index is -2.25. The number of guanidine groups is 1. The molecule has 0 saturated carbocycles. The average molecular weight is 205 g/mol. The molecular formula is C9H17F2N3. The highest BCUT2D eigenvalue weighted by Gasteiger charge is 2.21. The predicted molar refractivity (Wildman–Crippen MR) is 52.7 cm³/mol. The van der Waals surface area contributed by atoms with E-state index in [2.05, 4.69) is 29.5 Å². The first-order valence-corrected chi connectivity index (χ1v) is 4.80. The lowest BCUT2D eigenvalue weighted by molar-refractivity contribution is 0.139. The van der Waals surface area contributed by atoms with Crippen molar-refractivity contribution in [3.05, 3.63) is 0 Å². The highest BCUT2D eigenvalue weighted by molar-refractivity contribution is 5.80. The summed E-state index contributed by atoms with van der Waals surface area (Å²) in [5.41, 5.74) is 0.161. The molecule has 0 bridgehead atoms. The summed E-state index contributed by atoms with van der Waals surface area (Å²) in [5, 5.41) is 5.93. The number of rotatable bonds is 3. The van der Waals surface area contributed by atoms with Crippen LogP contribution < -0.4 is 10.6 Å². The number of hydrogen-bond donors (Lipinski definition) is 2. The molecule has 0 atom stereocenters. The third-order valence-corrected chi connectivity index (χ3v) is 2.05. The summed E-state index contributed by atoms with van der Waals surface area (Å²) in [7, 11) is 0. The summed E-state index contributed by atoms with van der Waals surface area (Å²) in [6.45, 7) is 6.05. The summed E-state index contributed by atoms with van der Waals surface area (Å²) in [6.07, 6.45) is -2.38. The zero-order valence-corrected chi connectivity index (χ0v) is 8.61. The smallest absolute Gasteiger partial charge is 0.240 e. The molecule has 5 heteroatoms. The largest absolute Gasteiger partial charge is 0.356 e. The minimum absolute atomic E-state index is 0.135. The Morgan fingerprint density at radius 2 is 2.29 bits per heavy atom. The van der Waals surface area contributed by atoms with Crippen molar-refractivity contribution < 1.29 is 8.78 Å². The van der Waals surface area contributed by atoms with Crippen LogP contribution in [-0.2, 0) is 0 Å². The van der Waals surface area contributed by atoms with Crippen LogP contribution in [0.5, 0.6) is 0 Å². The molecule has 14 heavy (non-hydrogen) atoms. The molecule has 0 fully saturated rings. The molecule has 1 heterocycles. The average Bonchev–Trinajstić information content (AvgIpc) is 2.07. The second-order valence-electron chi connectivity index (χ2n) is 4.29. The highest BCUT2D eigenvalue weighted by atomic mass is 19.3. The standard InChI is InChI=1S/C9H17F2N3/c1-9(2)5-13-8(14-6-9)12-4-3-7(10)11/h7H,3-6H2,1-2H3,(H2,12,13,14). The van der Waals surface area contributed by atoms with E-state index < -0.39 is 6.43 Å². The molecule has 0 amide bonds. The number of halogens is 2. The maximum Gasteiger partial charge on any atom is 0.240 e. The Kier molecular flexibility index (Phi) is 3.66. The molecular weight excluding hydrogens is 188 g/mol. The van der Waals surface area contributed by atoms with E-state index in [1.54, 1.807) is 0 Å². The first-order chi connectivity index (χ1) is 6.49. The number of nitrogens with one attached hydrogen (secondary N) is 2. The van der Waals surface area contributed by atoms with Crippen LogP contribution in [0.4, 0.5) is 8.78 Å². The fourth-order valence-corrected chi connectivity index (χ4v) is 1.15. The van der Waals surface area contributed by atoms with Gasteiger partial charge in [-0.1, -0.05) is 13.8 Å². The van der Waals surface area contributed by atoms with Crippen molar-refractivity contribution in [1.29, 1.82) is 0 Å². The van der Waals surface area contributed by atoms with Crippen LogP contribution in [0.15, 0.2) is 4.99 Å². The van der Waals surface area contributed by atoms with Gasteiger partial charge in [0, 0.05) is 31.5 Å². The van der Waals surface area contributed by atoms with Crippen molar-refractivity contribution in [3.63, 3.8) is 0 Å². The van der Waals surface area contributed by atoms with E-state index in [4.69, 9.17) is 0 Å². The van der Waals surface area contributed by atoms with Crippen molar-refractivity contribution in [2.45, 2.75) is 26.7 Å². The quantitative estimate of drug-likeness (QED) is 0.726. The lowest BCUT2D eigenvalue weighted by atomic mass is 9.93. The van der Waals surface area contributed by atoms with Crippen LogP contribution in [0, 0.1) is 5.41 Å². The van der Waals surface area contributed by atoms with E-state index in [-0.39, 0.29) is 18.4 Å². The Morgan fingerprint density at radius 1 is 1.57 bits per heavy atom. The van der Waals surface area contributed by atoms with Gasteiger partial charge in [-0.3, -0.25) is 4.99 Å². The van der Waals surface area contributed by atoms with Crippen LogP contribution in [0.3, 0.4) is 0 Å². The molecule has 0 aliphatic carbocycles. The second kappa shape index (κ2) is 4.57. The molecule has 0 unspecified atom stereocenters. The van der Waals surface area contributed by atoms with Crippen LogP contribution in [0.25, 0.3) is 0 Å². The molecule has 1 rings (SSSR count). The van der Waals surface area contributed by atoms with E-state index in [0.29, 0.717) is 5.96 Å². The SMILES string of the molecule is CC1(C)CN=C(NCCC(F)F)NC1. The van der Waals surface area contributed by atoms with Gasteiger partial charge in [0.05, 0.1) is 0 Å². The summed E-state index contributed by atoms with van der Waals surface area (Å²) in [4.78, 5) is 4.23. The molecule has 0 radical (unpaired) electrons. The Balaban J connectivity index is 2.24. The van der Waals surface area contributed by atoms with Crippen molar-refractivity contribution >= 4 is 5.96 Å². The van der Waals surface area contributed by atoms with Crippen LogP contribution in [0.1, 0.15) is 20.3 Å². The van der Waals surface area contributed by atoms with E-state index in [9.17, 15) is 8.78 Å². The van der Waals surface area contributed by atoms with Gasteiger partial charge in [0.2, 0.25) is 6.43 Å². The van der Waals surface area contributed by atoms with E-state index in [1.165, 1.54) is 0 Å². The Morgan fingerprint density at radius 3 is 2.79 bits per heavy atom. The van der Waals surface area contributed by atoms with E-state index in [1.807, 2.05) is 0 Å². The summed E-state index contributed by atoms with van der Waals surface area (Å²) in [6, 6.07) is 0. The summed E-state index contributed by atoms with van der Waals surface area (Å²) in [5.74, 6) is 0.643. The van der Waals surface area contributed by atoms with Gasteiger partial charge >= 0.3 is 0 Å². The molecule has 0 aromatic carbocycles. The number of aliphatic imine (C=N–C) groups is 1. The monoisotopic (exact) mass is 205 g/mol. The van der Waals surface area contributed by atoms with Crippen molar-refractivity contribution in [3.8, 4) is 0 Å². The molecule has 0 aromatic heterocycles. The van der Waals surface area contributed by atoms with Gasteiger partial charge in [-0.2, -0.15) is 0 Å². The van der Waals surface area contributed by atoms with Gasteiger partial charge in [-0.05, 0) is 0 Å². The van der Waals surface area contributed by atoms with Crippen LogP contribution >= 0.6 is 0 Å². The molecule has 0 aromatic rings. The third kappa shape index (κ3) is 3.89. The maximum absolute atomic E-state index is 11.8. The van der Waals surface area contributed by atoms with Gasteiger partial charge in [-0.25, -0.2) is 8.78 Å². The molecule has 1 aliphatic rings. The van der Waals surface area contributed by atoms with Gasteiger partial charge in [-0.15, -0.1) is 0 Å². The molecule has 82 valence electrons. The minimum Gasteiger partial charge on any atom is -0.356 e. The Bertz CT molecular complexity index is 214. The third-order valence-electron chi connectivity index (χ3n) is 2.05. The number of nitrogens with zero attached hydrogens (tertiary/aromatic N) is 1. The maximum atomic E-state index is 11.8. The normalized spacial score (nSPS) is 20.2. The molecule has 0 saturated heterocycles. The Hall–Kier alpha value is -0.870. The van der Waals surface area contributed by atoms with Crippen LogP contribution in [-0.4, -0.2) is 32.0 Å². The lowest BCUT2D eigenvalue weighted by Gasteiger charge is -2.29. The molecule has 2 N–H and O–H groups in total. The van der Waals surface area contributed by atoms with Crippen molar-refractivity contribution in [2.75, 3.05) is 19.6 Å². The molecule has 0 spiro atoms.